The molecule has 4 rings (SSSR count). The minimum absolute atomic E-state index is 0.161. The monoisotopic (exact) mass is 419 g/mol. The van der Waals surface area contributed by atoms with E-state index in [9.17, 15) is 13.2 Å². The number of nitrogens with one attached hydrogen (secondary N) is 1. The summed E-state index contributed by atoms with van der Waals surface area (Å²) in [6.07, 6.45) is 3.17. The molecule has 4 heterocycles. The number of amides is 1. The fourth-order valence-corrected chi connectivity index (χ4v) is 6.13. The van der Waals surface area contributed by atoms with Crippen molar-refractivity contribution in [1.82, 2.24) is 24.2 Å². The lowest BCUT2D eigenvalue weighted by Gasteiger charge is -2.31. The van der Waals surface area contributed by atoms with Crippen LogP contribution in [0.3, 0.4) is 0 Å². The van der Waals surface area contributed by atoms with Gasteiger partial charge in [-0.3, -0.25) is 9.20 Å². The SMILES string of the molecule is CC(NC(=O)C1CCCN(S(=O)(=O)c2cccs2)C1)c1nnc2ccccn12. The van der Waals surface area contributed by atoms with Crippen LogP contribution in [-0.4, -0.2) is 46.3 Å². The zero-order valence-electron chi connectivity index (χ0n) is 15.4. The normalized spacial score (nSPS) is 19.5. The number of aromatic nitrogens is 3. The van der Waals surface area contributed by atoms with Crippen molar-refractivity contribution in [3.05, 3.63) is 47.7 Å². The Balaban J connectivity index is 1.46. The highest BCUT2D eigenvalue weighted by atomic mass is 32.2. The van der Waals surface area contributed by atoms with E-state index in [2.05, 4.69) is 15.5 Å². The van der Waals surface area contributed by atoms with Crippen molar-refractivity contribution in [1.29, 1.82) is 0 Å². The number of pyridine rings is 1. The van der Waals surface area contributed by atoms with Crippen LogP contribution in [0.1, 0.15) is 31.6 Å². The first kappa shape index (κ1) is 19.0. The topological polar surface area (TPSA) is 96.7 Å². The summed E-state index contributed by atoms with van der Waals surface area (Å²) in [5.41, 5.74) is 0.712. The van der Waals surface area contributed by atoms with Crippen molar-refractivity contribution >= 4 is 32.9 Å². The largest absolute Gasteiger partial charge is 0.346 e. The van der Waals surface area contributed by atoms with Crippen molar-refractivity contribution in [3.8, 4) is 0 Å². The summed E-state index contributed by atoms with van der Waals surface area (Å²) >= 11 is 1.20. The number of hydrogen-bond acceptors (Lipinski definition) is 6. The van der Waals surface area contributed by atoms with E-state index in [0.29, 0.717) is 35.1 Å². The molecule has 1 amide bonds. The molecule has 1 saturated heterocycles. The average molecular weight is 420 g/mol. The van der Waals surface area contributed by atoms with Crippen LogP contribution in [-0.2, 0) is 14.8 Å². The molecule has 2 unspecified atom stereocenters. The van der Waals surface area contributed by atoms with Crippen LogP contribution in [0.15, 0.2) is 46.1 Å². The summed E-state index contributed by atoms with van der Waals surface area (Å²) in [6, 6.07) is 8.58. The molecule has 28 heavy (non-hydrogen) atoms. The Morgan fingerprint density at radius 1 is 1.29 bits per heavy atom. The molecule has 148 valence electrons. The number of piperidine rings is 1. The van der Waals surface area contributed by atoms with Gasteiger partial charge in [-0.2, -0.15) is 4.31 Å². The Hall–Kier alpha value is -2.30. The van der Waals surface area contributed by atoms with Gasteiger partial charge < -0.3 is 5.32 Å². The van der Waals surface area contributed by atoms with E-state index < -0.39 is 10.0 Å². The summed E-state index contributed by atoms with van der Waals surface area (Å²) < 4.78 is 29.1. The number of fused-ring (bicyclic) bond motifs is 1. The number of rotatable bonds is 5. The van der Waals surface area contributed by atoms with E-state index in [4.69, 9.17) is 0 Å². The molecule has 3 aromatic heterocycles. The van der Waals surface area contributed by atoms with Crippen molar-refractivity contribution < 1.29 is 13.2 Å². The smallest absolute Gasteiger partial charge is 0.252 e. The van der Waals surface area contributed by atoms with E-state index in [1.807, 2.05) is 35.7 Å². The molecule has 8 nitrogen and oxygen atoms in total. The van der Waals surface area contributed by atoms with Gasteiger partial charge in [-0.05, 0) is 43.3 Å². The minimum atomic E-state index is -3.54. The lowest BCUT2D eigenvalue weighted by molar-refractivity contribution is -0.126. The Bertz CT molecular complexity index is 1080. The van der Waals surface area contributed by atoms with E-state index in [-0.39, 0.29) is 24.4 Å². The van der Waals surface area contributed by atoms with Crippen LogP contribution in [0, 0.1) is 5.92 Å². The molecular weight excluding hydrogens is 398 g/mol. The molecule has 0 spiro atoms. The molecule has 0 saturated carbocycles. The third kappa shape index (κ3) is 3.54. The van der Waals surface area contributed by atoms with Crippen LogP contribution >= 0.6 is 11.3 Å². The third-order valence-electron chi connectivity index (χ3n) is 4.93. The average Bonchev–Trinajstić information content (AvgIpc) is 3.38. The molecule has 1 aliphatic heterocycles. The van der Waals surface area contributed by atoms with Crippen molar-refractivity contribution in [3.63, 3.8) is 0 Å². The Labute approximate surface area is 167 Å². The first-order chi connectivity index (χ1) is 13.5. The Morgan fingerprint density at radius 3 is 2.93 bits per heavy atom. The van der Waals surface area contributed by atoms with Gasteiger partial charge in [0.1, 0.15) is 4.21 Å². The predicted octanol–water partition coefficient (Wildman–Crippen LogP) is 2.07. The first-order valence-electron chi connectivity index (χ1n) is 9.10. The molecule has 3 aromatic rings. The van der Waals surface area contributed by atoms with E-state index in [0.717, 1.165) is 0 Å². The standard InChI is InChI=1S/C18H21N5O3S2/c1-13(17-21-20-15-7-2-3-10-23(15)17)19-18(24)14-6-4-9-22(12-14)28(25,26)16-8-5-11-27-16/h2-3,5,7-8,10-11,13-14H,4,6,9,12H2,1H3,(H,19,24). The maximum atomic E-state index is 12.8. The summed E-state index contributed by atoms with van der Waals surface area (Å²) in [5, 5.41) is 13.0. The summed E-state index contributed by atoms with van der Waals surface area (Å²) in [5.74, 6) is 0.0965. The number of thiophene rings is 1. The molecule has 0 aromatic carbocycles. The summed E-state index contributed by atoms with van der Waals surface area (Å²) in [4.78, 5) is 12.8. The van der Waals surface area contributed by atoms with E-state index in [1.165, 1.54) is 15.6 Å². The zero-order chi connectivity index (χ0) is 19.7. The van der Waals surface area contributed by atoms with Gasteiger partial charge in [0.15, 0.2) is 11.5 Å². The number of carbonyl (C=O) groups excluding carboxylic acids is 1. The quantitative estimate of drug-likeness (QED) is 0.683. The summed E-state index contributed by atoms with van der Waals surface area (Å²) in [7, 11) is -3.54. The number of nitrogens with zero attached hydrogens (tertiary/aromatic N) is 4. The number of hydrogen-bond donors (Lipinski definition) is 1. The maximum Gasteiger partial charge on any atom is 0.252 e. The highest BCUT2D eigenvalue weighted by Gasteiger charge is 2.34. The van der Waals surface area contributed by atoms with E-state index >= 15 is 0 Å². The molecule has 1 N–H and O–H groups in total. The second-order valence-electron chi connectivity index (χ2n) is 6.85. The third-order valence-corrected chi connectivity index (χ3v) is 8.17. The van der Waals surface area contributed by atoms with Gasteiger partial charge in [0.2, 0.25) is 5.91 Å². The fourth-order valence-electron chi connectivity index (χ4n) is 3.46. The number of sulfonamides is 1. The van der Waals surface area contributed by atoms with Crippen LogP contribution < -0.4 is 5.32 Å². The van der Waals surface area contributed by atoms with Crippen LogP contribution in [0.25, 0.3) is 5.65 Å². The zero-order valence-corrected chi connectivity index (χ0v) is 17.0. The van der Waals surface area contributed by atoms with Crippen LogP contribution in [0.4, 0.5) is 0 Å². The van der Waals surface area contributed by atoms with Gasteiger partial charge in [0.25, 0.3) is 10.0 Å². The van der Waals surface area contributed by atoms with Crippen molar-refractivity contribution in [2.75, 3.05) is 13.1 Å². The Kier molecular flexibility index (Phi) is 5.17. The van der Waals surface area contributed by atoms with Crippen LogP contribution in [0.5, 0.6) is 0 Å². The lowest BCUT2D eigenvalue weighted by Crippen LogP contribution is -2.45. The van der Waals surface area contributed by atoms with Gasteiger partial charge in [-0.15, -0.1) is 21.5 Å². The lowest BCUT2D eigenvalue weighted by atomic mass is 9.98. The first-order valence-corrected chi connectivity index (χ1v) is 11.4. The summed E-state index contributed by atoms with van der Waals surface area (Å²) in [6.45, 7) is 2.48. The molecule has 0 radical (unpaired) electrons. The molecule has 10 heteroatoms. The van der Waals surface area contributed by atoms with Crippen molar-refractivity contribution in [2.45, 2.75) is 30.0 Å². The highest BCUT2D eigenvalue weighted by molar-refractivity contribution is 7.91. The molecule has 2 atom stereocenters. The predicted molar refractivity (Wildman–Crippen MR) is 105 cm³/mol. The van der Waals surface area contributed by atoms with Gasteiger partial charge in [0, 0.05) is 19.3 Å². The number of carbonyl (C=O) groups is 1. The fraction of sp³-hybridized carbons (Fsp3) is 0.389. The molecule has 1 fully saturated rings. The molecule has 0 aliphatic carbocycles. The van der Waals surface area contributed by atoms with Crippen LogP contribution in [0.2, 0.25) is 0 Å². The van der Waals surface area contributed by atoms with Gasteiger partial charge in [-0.1, -0.05) is 12.1 Å². The minimum Gasteiger partial charge on any atom is -0.346 e. The maximum absolute atomic E-state index is 12.8. The second kappa shape index (κ2) is 7.61. The molecule has 0 bridgehead atoms. The van der Waals surface area contributed by atoms with Gasteiger partial charge >= 0.3 is 0 Å². The molecule has 1 aliphatic rings. The van der Waals surface area contributed by atoms with Gasteiger partial charge in [-0.25, -0.2) is 8.42 Å². The Morgan fingerprint density at radius 2 is 2.14 bits per heavy atom. The molecular formula is C18H21N5O3S2. The van der Waals surface area contributed by atoms with Gasteiger partial charge in [0.05, 0.1) is 12.0 Å². The van der Waals surface area contributed by atoms with Crippen molar-refractivity contribution in [2.24, 2.45) is 5.92 Å². The second-order valence-corrected chi connectivity index (χ2v) is 9.96. The highest BCUT2D eigenvalue weighted by Crippen LogP contribution is 2.27. The van der Waals surface area contributed by atoms with E-state index in [1.54, 1.807) is 17.5 Å².